The number of allylic oxidation sites excluding steroid dienone is 2. The molecule has 0 aliphatic heterocycles. The lowest BCUT2D eigenvalue weighted by Gasteiger charge is -2.58. The summed E-state index contributed by atoms with van der Waals surface area (Å²) in [5.41, 5.74) is 28.0. The first-order valence-electron chi connectivity index (χ1n) is 17.7. The molecule has 0 saturated heterocycles. The number of nitrogens with two attached hydrogens (primary N) is 4. The van der Waals surface area contributed by atoms with Crippen LogP contribution in [-0.4, -0.2) is 61.2 Å². The maximum Gasteiger partial charge on any atom is 0.254 e. The van der Waals surface area contributed by atoms with E-state index in [-0.39, 0.29) is 29.8 Å². The van der Waals surface area contributed by atoms with Crippen LogP contribution in [0.2, 0.25) is 0 Å². The number of hydrogen-bond acceptors (Lipinski definition) is 5. The molecule has 0 heterocycles. The number of rotatable bonds is 14. The molecule has 3 saturated carbocycles. The molecule has 0 aromatic heterocycles. The molecule has 1 amide bonds. The van der Waals surface area contributed by atoms with E-state index in [1.165, 1.54) is 51.4 Å². The number of guanidine groups is 2. The van der Waals surface area contributed by atoms with Crippen LogP contribution in [0.5, 0.6) is 0 Å². The van der Waals surface area contributed by atoms with Crippen LogP contribution in [-0.2, 0) is 4.79 Å². The number of fused-ring (bicyclic) bond motifs is 5. The van der Waals surface area contributed by atoms with Gasteiger partial charge in [-0.1, -0.05) is 59.5 Å². The number of nitrogens with one attached hydrogen (secondary N) is 1. The highest BCUT2D eigenvalue weighted by Gasteiger charge is 2.59. The molecule has 0 bridgehead atoms. The Morgan fingerprint density at radius 2 is 1.62 bits per heavy atom. The minimum atomic E-state index is -0.173. The molecule has 4 rings (SSSR count). The molecule has 0 aromatic carbocycles. The van der Waals surface area contributed by atoms with E-state index in [9.17, 15) is 4.79 Å². The zero-order chi connectivity index (χ0) is 32.8. The monoisotopic (exact) mass is 626 g/mol. The Kier molecular flexibility index (Phi) is 12.0. The fourth-order valence-corrected chi connectivity index (χ4v) is 9.97. The summed E-state index contributed by atoms with van der Waals surface area (Å²) in [5.74, 6) is 4.92. The quantitative estimate of drug-likeness (QED) is 0.109. The van der Waals surface area contributed by atoms with Crippen molar-refractivity contribution < 1.29 is 4.79 Å². The third-order valence-electron chi connectivity index (χ3n) is 12.3. The molecular weight excluding hydrogens is 562 g/mol. The molecule has 0 aromatic rings. The Labute approximate surface area is 272 Å². The van der Waals surface area contributed by atoms with Crippen LogP contribution in [0.4, 0.5) is 0 Å². The third kappa shape index (κ3) is 8.60. The van der Waals surface area contributed by atoms with Gasteiger partial charge in [0.05, 0.1) is 25.3 Å². The van der Waals surface area contributed by atoms with Gasteiger partial charge in [0, 0.05) is 13.1 Å². The predicted molar refractivity (Wildman–Crippen MR) is 186 cm³/mol. The molecule has 9 N–H and O–H groups in total. The van der Waals surface area contributed by atoms with Crippen LogP contribution < -0.4 is 28.4 Å². The van der Waals surface area contributed by atoms with E-state index in [4.69, 9.17) is 22.9 Å². The van der Waals surface area contributed by atoms with Crippen LogP contribution >= 0.6 is 0 Å². The molecule has 0 unspecified atom stereocenters. The van der Waals surface area contributed by atoms with Crippen LogP contribution in [0.25, 0.3) is 0 Å². The van der Waals surface area contributed by atoms with Gasteiger partial charge in [0.2, 0.25) is 0 Å². The van der Waals surface area contributed by atoms with Gasteiger partial charge in [-0.25, -0.2) is 5.43 Å². The van der Waals surface area contributed by atoms with E-state index in [0.29, 0.717) is 31.6 Å². The van der Waals surface area contributed by atoms with Crippen LogP contribution in [0, 0.1) is 46.3 Å². The van der Waals surface area contributed by atoms with E-state index in [0.717, 1.165) is 60.5 Å². The topological polar surface area (TPSA) is 174 Å². The summed E-state index contributed by atoms with van der Waals surface area (Å²) < 4.78 is 0. The molecule has 10 nitrogen and oxygen atoms in total. The van der Waals surface area contributed by atoms with Crippen molar-refractivity contribution in [2.75, 3.05) is 32.7 Å². The van der Waals surface area contributed by atoms with Gasteiger partial charge >= 0.3 is 0 Å². The largest absolute Gasteiger partial charge is 0.370 e. The summed E-state index contributed by atoms with van der Waals surface area (Å²) in [4.78, 5) is 22.9. The highest BCUT2D eigenvalue weighted by atomic mass is 16.2. The van der Waals surface area contributed by atoms with Crippen LogP contribution in [0.3, 0.4) is 0 Å². The normalized spacial score (nSPS) is 32.3. The predicted octanol–water partition coefficient (Wildman–Crippen LogP) is 4.35. The second-order valence-corrected chi connectivity index (χ2v) is 15.6. The van der Waals surface area contributed by atoms with Gasteiger partial charge in [-0.3, -0.25) is 19.7 Å². The highest BCUT2D eigenvalue weighted by molar-refractivity contribution is 5.97. The molecule has 10 heteroatoms. The van der Waals surface area contributed by atoms with Gasteiger partial charge in [0.25, 0.3) is 5.91 Å². The first-order valence-corrected chi connectivity index (χ1v) is 17.7. The number of amides is 1. The van der Waals surface area contributed by atoms with Gasteiger partial charge in [-0.2, -0.15) is 5.10 Å². The van der Waals surface area contributed by atoms with Gasteiger partial charge in [0.1, 0.15) is 0 Å². The minimum absolute atomic E-state index is 0.0261. The Bertz CT molecular complexity index is 1120. The van der Waals surface area contributed by atoms with Gasteiger partial charge in [-0.05, 0) is 104 Å². The molecule has 254 valence electrons. The lowest BCUT2D eigenvalue weighted by atomic mass is 9.46. The number of carbonyl (C=O) groups is 1. The maximum absolute atomic E-state index is 12.9. The van der Waals surface area contributed by atoms with Crippen molar-refractivity contribution in [3.8, 4) is 0 Å². The Morgan fingerprint density at radius 1 is 0.933 bits per heavy atom. The zero-order valence-electron chi connectivity index (χ0n) is 28.9. The van der Waals surface area contributed by atoms with Crippen molar-refractivity contribution in [1.82, 2.24) is 10.3 Å². The molecule has 45 heavy (non-hydrogen) atoms. The molecule has 7 atom stereocenters. The van der Waals surface area contributed by atoms with Crippen molar-refractivity contribution in [3.63, 3.8) is 0 Å². The SMILES string of the molecule is CC(C)CCC[C@@H](C)[C@H]1CC[C@H]2[C@@H]3CCC4=C/C(=N\NC(=O)CN(CCN=C(N)N)CCN=C(N)N)CC[C@]4(C)[C@H]3CC[C@]12C. The zero-order valence-corrected chi connectivity index (χ0v) is 28.9. The summed E-state index contributed by atoms with van der Waals surface area (Å²) in [6.45, 7) is 14.4. The number of nitrogens with zero attached hydrogens (tertiary/aromatic N) is 4. The average Bonchev–Trinajstić information content (AvgIpc) is 3.32. The lowest BCUT2D eigenvalue weighted by molar-refractivity contribution is -0.122. The second kappa shape index (κ2) is 15.3. The van der Waals surface area contributed by atoms with Crippen molar-refractivity contribution >= 4 is 23.5 Å². The summed E-state index contributed by atoms with van der Waals surface area (Å²) in [6.07, 6.45) is 16.6. The molecule has 4 aliphatic carbocycles. The Hall–Kier alpha value is -2.62. The fraction of sp³-hybridized carbons (Fsp3) is 0.829. The number of aliphatic imine (C=N–C) groups is 2. The van der Waals surface area contributed by atoms with Crippen molar-refractivity contribution in [3.05, 3.63) is 11.6 Å². The van der Waals surface area contributed by atoms with Gasteiger partial charge < -0.3 is 22.9 Å². The molecule has 3 fully saturated rings. The molecule has 4 aliphatic rings. The van der Waals surface area contributed by atoms with Gasteiger partial charge in [0.15, 0.2) is 11.9 Å². The fourth-order valence-electron chi connectivity index (χ4n) is 9.97. The van der Waals surface area contributed by atoms with Crippen molar-refractivity contribution in [2.45, 2.75) is 105 Å². The second-order valence-electron chi connectivity index (χ2n) is 15.6. The number of hydrazone groups is 1. The smallest absolute Gasteiger partial charge is 0.254 e. The Balaban J connectivity index is 1.36. The van der Waals surface area contributed by atoms with Crippen molar-refractivity contribution in [1.29, 1.82) is 0 Å². The third-order valence-corrected chi connectivity index (χ3v) is 12.3. The Morgan fingerprint density at radius 3 is 2.27 bits per heavy atom. The first-order chi connectivity index (χ1) is 21.3. The highest BCUT2D eigenvalue weighted by Crippen LogP contribution is 2.67. The van der Waals surface area contributed by atoms with E-state index in [2.05, 4.69) is 61.2 Å². The lowest BCUT2D eigenvalue weighted by Crippen LogP contribution is -2.51. The summed E-state index contributed by atoms with van der Waals surface area (Å²) >= 11 is 0. The van der Waals surface area contributed by atoms with E-state index < -0.39 is 0 Å². The summed E-state index contributed by atoms with van der Waals surface area (Å²) in [6, 6.07) is 0. The summed E-state index contributed by atoms with van der Waals surface area (Å²) in [7, 11) is 0. The van der Waals surface area contributed by atoms with Crippen LogP contribution in [0.1, 0.15) is 105 Å². The van der Waals surface area contributed by atoms with Crippen molar-refractivity contribution in [2.24, 2.45) is 84.4 Å². The van der Waals surface area contributed by atoms with E-state index in [1.807, 2.05) is 4.90 Å². The minimum Gasteiger partial charge on any atom is -0.370 e. The van der Waals surface area contributed by atoms with E-state index in [1.54, 1.807) is 5.57 Å². The summed E-state index contributed by atoms with van der Waals surface area (Å²) in [5, 5.41) is 4.59. The number of hydrogen-bond donors (Lipinski definition) is 5. The molecular formula is C35H63N9O. The van der Waals surface area contributed by atoms with Crippen LogP contribution in [0.15, 0.2) is 26.7 Å². The molecule has 0 spiro atoms. The molecule has 0 radical (unpaired) electrons. The average molecular weight is 626 g/mol. The first kappa shape index (κ1) is 35.2. The number of carbonyl (C=O) groups excluding carboxylic acids is 1. The maximum atomic E-state index is 12.9. The van der Waals surface area contributed by atoms with E-state index >= 15 is 0 Å². The van der Waals surface area contributed by atoms with Gasteiger partial charge in [-0.15, -0.1) is 0 Å². The standard InChI is InChI=1S/C35H63N9O/c1-23(2)7-6-8-24(3)28-11-12-29-27-10-9-25-21-26(13-15-34(25,4)30(27)14-16-35(28,29)5)42-43-31(45)22-44(19-17-40-32(36)37)20-18-41-33(38)39/h21,23-24,27-30H,6-20,22H2,1-5H3,(H,43,45)(H4,36,37,40)(H4,38,39,41)/b42-26-/t24-,27+,28-,29+,30+,34+,35-/m1/s1.